The van der Waals surface area contributed by atoms with Crippen molar-refractivity contribution in [2.75, 3.05) is 0 Å². The molecule has 0 spiro atoms. The van der Waals surface area contributed by atoms with Crippen LogP contribution in [0.4, 0.5) is 4.39 Å². The smallest absolute Gasteiger partial charge is 0.123 e. The highest BCUT2D eigenvalue weighted by Crippen LogP contribution is 2.40. The van der Waals surface area contributed by atoms with Gasteiger partial charge in [-0.15, -0.1) is 0 Å². The van der Waals surface area contributed by atoms with E-state index >= 15 is 0 Å². The van der Waals surface area contributed by atoms with E-state index in [-0.39, 0.29) is 11.4 Å². The van der Waals surface area contributed by atoms with Crippen molar-refractivity contribution in [3.8, 4) is 0 Å². The molecule has 1 fully saturated rings. The first-order chi connectivity index (χ1) is 6.63. The Hall–Kier alpha value is -0.890. The molecule has 2 atom stereocenters. The second kappa shape index (κ2) is 3.35. The van der Waals surface area contributed by atoms with E-state index in [9.17, 15) is 4.39 Å². The highest BCUT2D eigenvalue weighted by atomic mass is 19.1. The van der Waals surface area contributed by atoms with Gasteiger partial charge in [-0.25, -0.2) is 4.39 Å². The second-order valence-electron chi connectivity index (χ2n) is 4.34. The molecular formula is C12H16FN. The summed E-state index contributed by atoms with van der Waals surface area (Å²) >= 11 is 0. The van der Waals surface area contributed by atoms with Crippen LogP contribution in [0.1, 0.15) is 31.7 Å². The van der Waals surface area contributed by atoms with E-state index in [4.69, 9.17) is 5.73 Å². The van der Waals surface area contributed by atoms with Crippen LogP contribution in [0, 0.1) is 11.7 Å². The summed E-state index contributed by atoms with van der Waals surface area (Å²) in [4.78, 5) is 0. The Labute approximate surface area is 84.1 Å². The van der Waals surface area contributed by atoms with Crippen LogP contribution in [0.5, 0.6) is 0 Å². The van der Waals surface area contributed by atoms with E-state index in [2.05, 4.69) is 6.92 Å². The minimum Gasteiger partial charge on any atom is -0.321 e. The second-order valence-corrected chi connectivity index (χ2v) is 4.34. The minimum absolute atomic E-state index is 0.192. The third kappa shape index (κ3) is 1.44. The first kappa shape index (κ1) is 9.66. The summed E-state index contributed by atoms with van der Waals surface area (Å²) in [5, 5.41) is 0. The van der Waals surface area contributed by atoms with Crippen LogP contribution in [-0.2, 0) is 5.54 Å². The fraction of sp³-hybridized carbons (Fsp3) is 0.500. The maximum atomic E-state index is 12.8. The number of benzene rings is 1. The van der Waals surface area contributed by atoms with Crippen LogP contribution in [0.25, 0.3) is 0 Å². The van der Waals surface area contributed by atoms with Crippen molar-refractivity contribution in [3.63, 3.8) is 0 Å². The summed E-state index contributed by atoms with van der Waals surface area (Å²) < 4.78 is 12.8. The molecule has 0 radical (unpaired) electrons. The molecule has 14 heavy (non-hydrogen) atoms. The number of nitrogens with two attached hydrogens (primary N) is 1. The molecule has 0 aliphatic heterocycles. The Morgan fingerprint density at radius 1 is 1.36 bits per heavy atom. The third-order valence-corrected chi connectivity index (χ3v) is 3.49. The van der Waals surface area contributed by atoms with Crippen molar-refractivity contribution in [1.82, 2.24) is 0 Å². The van der Waals surface area contributed by atoms with Gasteiger partial charge < -0.3 is 5.73 Å². The topological polar surface area (TPSA) is 26.0 Å². The average molecular weight is 193 g/mol. The predicted molar refractivity (Wildman–Crippen MR) is 55.3 cm³/mol. The molecule has 0 amide bonds. The first-order valence-corrected chi connectivity index (χ1v) is 5.18. The summed E-state index contributed by atoms with van der Waals surface area (Å²) in [5.74, 6) is 0.302. The van der Waals surface area contributed by atoms with E-state index in [1.54, 1.807) is 0 Å². The minimum atomic E-state index is -0.228. The van der Waals surface area contributed by atoms with Crippen molar-refractivity contribution in [2.45, 2.75) is 31.7 Å². The standard InChI is InChI=1S/C12H16FN/c1-9-3-2-8-12(9,14)10-4-6-11(13)7-5-10/h4-7,9H,2-3,8,14H2,1H3. The summed E-state index contributed by atoms with van der Waals surface area (Å²) in [6, 6.07) is 6.62. The van der Waals surface area contributed by atoms with Gasteiger partial charge in [0.15, 0.2) is 0 Å². The summed E-state index contributed by atoms with van der Waals surface area (Å²) in [5.41, 5.74) is 7.20. The quantitative estimate of drug-likeness (QED) is 0.729. The lowest BCUT2D eigenvalue weighted by Gasteiger charge is -2.29. The van der Waals surface area contributed by atoms with Gasteiger partial charge in [0.05, 0.1) is 0 Å². The Balaban J connectivity index is 2.34. The molecule has 76 valence electrons. The summed E-state index contributed by atoms with van der Waals surface area (Å²) in [7, 11) is 0. The van der Waals surface area contributed by atoms with Crippen LogP contribution < -0.4 is 5.73 Å². The van der Waals surface area contributed by atoms with Crippen LogP contribution in [0.15, 0.2) is 24.3 Å². The third-order valence-electron chi connectivity index (χ3n) is 3.49. The Kier molecular flexibility index (Phi) is 2.31. The molecule has 0 heterocycles. The Morgan fingerprint density at radius 2 is 2.00 bits per heavy atom. The van der Waals surface area contributed by atoms with Crippen LogP contribution >= 0.6 is 0 Å². The number of hydrogen-bond acceptors (Lipinski definition) is 1. The Bertz CT molecular complexity index is 320. The van der Waals surface area contributed by atoms with E-state index in [1.807, 2.05) is 12.1 Å². The zero-order valence-electron chi connectivity index (χ0n) is 8.46. The molecule has 1 aromatic carbocycles. The number of hydrogen-bond donors (Lipinski definition) is 1. The SMILES string of the molecule is CC1CCCC1(N)c1ccc(F)cc1. The zero-order valence-corrected chi connectivity index (χ0v) is 8.46. The van der Waals surface area contributed by atoms with Crippen molar-refractivity contribution < 1.29 is 4.39 Å². The van der Waals surface area contributed by atoms with Crippen molar-refractivity contribution in [2.24, 2.45) is 11.7 Å². The number of halogens is 1. The zero-order chi connectivity index (χ0) is 10.2. The molecule has 0 aromatic heterocycles. The lowest BCUT2D eigenvalue weighted by Crippen LogP contribution is -2.38. The highest BCUT2D eigenvalue weighted by Gasteiger charge is 2.37. The van der Waals surface area contributed by atoms with Gasteiger partial charge in [0.1, 0.15) is 5.82 Å². The molecule has 1 aliphatic rings. The average Bonchev–Trinajstić information content (AvgIpc) is 2.49. The van der Waals surface area contributed by atoms with Gasteiger partial charge in [0, 0.05) is 5.54 Å². The highest BCUT2D eigenvalue weighted by molar-refractivity contribution is 5.26. The lowest BCUT2D eigenvalue weighted by molar-refractivity contribution is 0.349. The number of rotatable bonds is 1. The van der Waals surface area contributed by atoms with Gasteiger partial charge >= 0.3 is 0 Å². The van der Waals surface area contributed by atoms with E-state index in [0.717, 1.165) is 12.0 Å². The maximum absolute atomic E-state index is 12.8. The van der Waals surface area contributed by atoms with Crippen molar-refractivity contribution in [1.29, 1.82) is 0 Å². The largest absolute Gasteiger partial charge is 0.321 e. The predicted octanol–water partition coefficient (Wildman–Crippen LogP) is 2.80. The molecule has 2 unspecified atom stereocenters. The molecule has 1 aliphatic carbocycles. The molecule has 1 nitrogen and oxygen atoms in total. The molecule has 1 aromatic rings. The maximum Gasteiger partial charge on any atom is 0.123 e. The fourth-order valence-corrected chi connectivity index (χ4v) is 2.39. The van der Waals surface area contributed by atoms with Crippen LogP contribution in [0.2, 0.25) is 0 Å². The molecule has 2 N–H and O–H groups in total. The molecular weight excluding hydrogens is 177 g/mol. The van der Waals surface area contributed by atoms with Crippen molar-refractivity contribution >= 4 is 0 Å². The van der Waals surface area contributed by atoms with Gasteiger partial charge in [-0.05, 0) is 36.5 Å². The van der Waals surface area contributed by atoms with Gasteiger partial charge in [0.2, 0.25) is 0 Å². The van der Waals surface area contributed by atoms with Gasteiger partial charge in [-0.2, -0.15) is 0 Å². The first-order valence-electron chi connectivity index (χ1n) is 5.18. The molecule has 2 heteroatoms. The van der Waals surface area contributed by atoms with Gasteiger partial charge in [-0.3, -0.25) is 0 Å². The van der Waals surface area contributed by atoms with E-state index in [0.29, 0.717) is 5.92 Å². The van der Waals surface area contributed by atoms with Crippen LogP contribution in [0.3, 0.4) is 0 Å². The van der Waals surface area contributed by atoms with Crippen molar-refractivity contribution in [3.05, 3.63) is 35.6 Å². The summed E-state index contributed by atoms with van der Waals surface area (Å²) in [6.07, 6.45) is 3.36. The lowest BCUT2D eigenvalue weighted by atomic mass is 9.82. The normalized spacial score (nSPS) is 32.1. The monoisotopic (exact) mass is 193 g/mol. The van der Waals surface area contributed by atoms with Crippen LogP contribution in [-0.4, -0.2) is 0 Å². The van der Waals surface area contributed by atoms with E-state index in [1.165, 1.54) is 25.0 Å². The molecule has 0 bridgehead atoms. The Morgan fingerprint density at radius 3 is 2.50 bits per heavy atom. The summed E-state index contributed by atoms with van der Waals surface area (Å²) in [6.45, 7) is 2.18. The molecule has 1 saturated carbocycles. The molecule has 2 rings (SSSR count). The van der Waals surface area contributed by atoms with Gasteiger partial charge in [-0.1, -0.05) is 25.5 Å². The van der Waals surface area contributed by atoms with Gasteiger partial charge in [0.25, 0.3) is 0 Å². The fourth-order valence-electron chi connectivity index (χ4n) is 2.39. The van der Waals surface area contributed by atoms with E-state index < -0.39 is 0 Å². The molecule has 0 saturated heterocycles.